The second-order valence-electron chi connectivity index (χ2n) is 6.00. The molecule has 136 valence electrons. The van der Waals surface area contributed by atoms with Crippen LogP contribution in [0.5, 0.6) is 0 Å². The number of nitrogens with one attached hydrogen (secondary N) is 1. The number of hydrogen-bond donors (Lipinski definition) is 2. The van der Waals surface area contributed by atoms with Gasteiger partial charge in [0.2, 0.25) is 0 Å². The summed E-state index contributed by atoms with van der Waals surface area (Å²) in [5, 5.41) is 3.04. The molecule has 6 heteroatoms. The highest BCUT2D eigenvalue weighted by Crippen LogP contribution is 2.28. The van der Waals surface area contributed by atoms with Crippen LogP contribution in [0.15, 0.2) is 48.5 Å². The molecule has 0 aromatic heterocycles. The van der Waals surface area contributed by atoms with Gasteiger partial charge in [-0.3, -0.25) is 4.79 Å². The third-order valence-electron chi connectivity index (χ3n) is 4.25. The van der Waals surface area contributed by atoms with Crippen molar-refractivity contribution in [2.45, 2.75) is 25.7 Å². The van der Waals surface area contributed by atoms with Crippen molar-refractivity contribution in [2.24, 2.45) is 0 Å². The van der Waals surface area contributed by atoms with Crippen molar-refractivity contribution in [3.63, 3.8) is 0 Å². The van der Waals surface area contributed by atoms with Gasteiger partial charge in [0.25, 0.3) is 5.91 Å². The van der Waals surface area contributed by atoms with Crippen LogP contribution in [0.3, 0.4) is 0 Å². The largest absolute Gasteiger partial charge is 0.399 e. The minimum absolute atomic E-state index is 0. The quantitative estimate of drug-likeness (QED) is 0.754. The maximum absolute atomic E-state index is 12.5. The molecule has 0 radical (unpaired) electrons. The van der Waals surface area contributed by atoms with Crippen LogP contribution in [0.2, 0.25) is 0 Å². The second-order valence-corrected chi connectivity index (χ2v) is 6.00. The van der Waals surface area contributed by atoms with Gasteiger partial charge in [-0.15, -0.1) is 24.8 Å². The highest BCUT2D eigenvalue weighted by Gasteiger charge is 2.15. The van der Waals surface area contributed by atoms with Crippen LogP contribution in [-0.2, 0) is 0 Å². The normalized spacial score (nSPS) is 13.8. The van der Waals surface area contributed by atoms with Crippen molar-refractivity contribution < 1.29 is 4.79 Å². The Hall–Kier alpha value is -1.91. The minimum atomic E-state index is -0.125. The molecule has 1 amide bonds. The molecule has 4 nitrogen and oxygen atoms in total. The number of carbonyl (C=O) groups is 1. The van der Waals surface area contributed by atoms with Gasteiger partial charge in [0, 0.05) is 24.3 Å². The van der Waals surface area contributed by atoms with E-state index in [1.807, 2.05) is 18.2 Å². The van der Waals surface area contributed by atoms with Crippen LogP contribution in [0, 0.1) is 0 Å². The van der Waals surface area contributed by atoms with Crippen molar-refractivity contribution in [3.05, 3.63) is 54.1 Å². The topological polar surface area (TPSA) is 58.4 Å². The Balaban J connectivity index is 0.00000156. The molecule has 0 unspecified atom stereocenters. The van der Waals surface area contributed by atoms with E-state index in [0.29, 0.717) is 11.3 Å². The van der Waals surface area contributed by atoms with Crippen LogP contribution < -0.4 is 16.0 Å². The molecular formula is C19H25Cl2N3O. The van der Waals surface area contributed by atoms with Crippen LogP contribution in [0.4, 0.5) is 17.1 Å². The summed E-state index contributed by atoms with van der Waals surface area (Å²) in [4.78, 5) is 14.9. The van der Waals surface area contributed by atoms with Gasteiger partial charge in [0.15, 0.2) is 0 Å². The first kappa shape index (κ1) is 21.1. The number of halogens is 2. The van der Waals surface area contributed by atoms with Gasteiger partial charge in [-0.25, -0.2) is 0 Å². The number of amides is 1. The van der Waals surface area contributed by atoms with Crippen molar-refractivity contribution in [1.82, 2.24) is 0 Å². The van der Waals surface area contributed by atoms with Crippen molar-refractivity contribution in [1.29, 1.82) is 0 Å². The van der Waals surface area contributed by atoms with E-state index in [2.05, 4.69) is 16.3 Å². The Morgan fingerprint density at radius 1 is 0.920 bits per heavy atom. The summed E-state index contributed by atoms with van der Waals surface area (Å²) in [5.74, 6) is -0.125. The minimum Gasteiger partial charge on any atom is -0.399 e. The molecular weight excluding hydrogens is 357 g/mol. The molecule has 1 heterocycles. The van der Waals surface area contributed by atoms with Gasteiger partial charge < -0.3 is 16.0 Å². The first-order chi connectivity index (χ1) is 11.2. The first-order valence-corrected chi connectivity index (χ1v) is 8.25. The molecule has 0 bridgehead atoms. The van der Waals surface area contributed by atoms with Gasteiger partial charge in [0.05, 0.1) is 11.4 Å². The fourth-order valence-electron chi connectivity index (χ4n) is 3.04. The number of para-hydroxylation sites is 2. The van der Waals surface area contributed by atoms with Crippen LogP contribution in [0.1, 0.15) is 36.0 Å². The fourth-order valence-corrected chi connectivity index (χ4v) is 3.04. The molecule has 0 saturated carbocycles. The zero-order valence-corrected chi connectivity index (χ0v) is 15.7. The van der Waals surface area contributed by atoms with Gasteiger partial charge in [-0.05, 0) is 43.2 Å². The zero-order chi connectivity index (χ0) is 16.1. The highest BCUT2D eigenvalue weighted by molar-refractivity contribution is 6.06. The molecule has 1 saturated heterocycles. The zero-order valence-electron chi connectivity index (χ0n) is 14.1. The van der Waals surface area contributed by atoms with E-state index in [-0.39, 0.29) is 30.7 Å². The average Bonchev–Trinajstić information content (AvgIpc) is 2.84. The molecule has 1 fully saturated rings. The molecule has 1 aliphatic heterocycles. The summed E-state index contributed by atoms with van der Waals surface area (Å²) in [5.41, 5.74) is 8.91. The number of nitrogens with two attached hydrogens (primary N) is 1. The summed E-state index contributed by atoms with van der Waals surface area (Å²) >= 11 is 0. The monoisotopic (exact) mass is 381 g/mol. The van der Waals surface area contributed by atoms with Crippen LogP contribution in [0.25, 0.3) is 0 Å². The maximum Gasteiger partial charge on any atom is 0.255 e. The highest BCUT2D eigenvalue weighted by atomic mass is 35.5. The summed E-state index contributed by atoms with van der Waals surface area (Å²) in [7, 11) is 0. The van der Waals surface area contributed by atoms with Crippen molar-refractivity contribution >= 4 is 47.8 Å². The number of carbonyl (C=O) groups excluding carboxylic acids is 1. The number of anilines is 3. The van der Waals surface area contributed by atoms with Gasteiger partial charge in [-0.1, -0.05) is 31.0 Å². The number of benzene rings is 2. The Morgan fingerprint density at radius 2 is 1.60 bits per heavy atom. The number of hydrogen-bond acceptors (Lipinski definition) is 3. The molecule has 1 aliphatic rings. The van der Waals surface area contributed by atoms with E-state index in [1.54, 1.807) is 24.3 Å². The average molecular weight is 382 g/mol. The van der Waals surface area contributed by atoms with E-state index in [9.17, 15) is 4.79 Å². The van der Waals surface area contributed by atoms with Gasteiger partial charge in [-0.2, -0.15) is 0 Å². The maximum atomic E-state index is 12.5. The van der Waals surface area contributed by atoms with Gasteiger partial charge in [0.1, 0.15) is 0 Å². The number of nitrogen functional groups attached to an aromatic ring is 1. The molecule has 0 atom stereocenters. The summed E-state index contributed by atoms with van der Waals surface area (Å²) in [6.45, 7) is 2.09. The third-order valence-corrected chi connectivity index (χ3v) is 4.25. The summed E-state index contributed by atoms with van der Waals surface area (Å²) < 4.78 is 0. The van der Waals surface area contributed by atoms with Crippen molar-refractivity contribution in [3.8, 4) is 0 Å². The molecule has 25 heavy (non-hydrogen) atoms. The van der Waals surface area contributed by atoms with E-state index >= 15 is 0 Å². The van der Waals surface area contributed by atoms with E-state index in [4.69, 9.17) is 5.73 Å². The lowest BCUT2D eigenvalue weighted by Crippen LogP contribution is -2.25. The van der Waals surface area contributed by atoms with E-state index in [0.717, 1.165) is 24.5 Å². The smallest absolute Gasteiger partial charge is 0.255 e. The van der Waals surface area contributed by atoms with E-state index in [1.165, 1.54) is 25.7 Å². The lowest BCUT2D eigenvalue weighted by molar-refractivity contribution is 0.102. The molecule has 0 spiro atoms. The van der Waals surface area contributed by atoms with Crippen LogP contribution >= 0.6 is 24.8 Å². The Morgan fingerprint density at radius 3 is 2.28 bits per heavy atom. The first-order valence-electron chi connectivity index (χ1n) is 8.25. The molecule has 0 aliphatic carbocycles. The van der Waals surface area contributed by atoms with Gasteiger partial charge >= 0.3 is 0 Å². The molecule has 3 N–H and O–H groups in total. The Kier molecular flexibility index (Phi) is 8.59. The predicted molar refractivity (Wildman–Crippen MR) is 110 cm³/mol. The lowest BCUT2D eigenvalue weighted by Gasteiger charge is -2.25. The SMILES string of the molecule is Cl.Cl.Nc1cccc(C(=O)Nc2ccccc2N2CCCCCC2)c1. The number of rotatable bonds is 3. The lowest BCUT2D eigenvalue weighted by atomic mass is 10.1. The van der Waals surface area contributed by atoms with E-state index < -0.39 is 0 Å². The standard InChI is InChI=1S/C19H23N3O.2ClH/c20-16-9-7-8-15(14-16)19(23)21-17-10-3-4-11-18(17)22-12-5-1-2-6-13-22;;/h3-4,7-11,14H,1-2,5-6,12-13,20H2,(H,21,23);2*1H. The Bertz CT molecular complexity index is 686. The summed E-state index contributed by atoms with van der Waals surface area (Å²) in [6, 6.07) is 15.1. The Labute approximate surface area is 161 Å². The molecule has 2 aromatic carbocycles. The summed E-state index contributed by atoms with van der Waals surface area (Å²) in [6.07, 6.45) is 4.98. The predicted octanol–water partition coefficient (Wildman–Crippen LogP) is 4.75. The van der Waals surface area contributed by atoms with Crippen LogP contribution in [-0.4, -0.2) is 19.0 Å². The van der Waals surface area contributed by atoms with Crippen molar-refractivity contribution in [2.75, 3.05) is 29.0 Å². The third kappa shape index (κ3) is 5.55. The fraction of sp³-hybridized carbons (Fsp3) is 0.316. The second kappa shape index (κ2) is 10.2. The molecule has 3 rings (SSSR count). The molecule has 2 aromatic rings. The number of nitrogens with zero attached hydrogens (tertiary/aromatic N) is 1.